The predicted octanol–water partition coefficient (Wildman–Crippen LogP) is 0.0411. The topological polar surface area (TPSA) is 97.1 Å². The third-order valence-corrected chi connectivity index (χ3v) is 3.36. The van der Waals surface area contributed by atoms with Crippen molar-refractivity contribution in [2.75, 3.05) is 12.9 Å². The molecule has 7 heteroatoms. The summed E-state index contributed by atoms with van der Waals surface area (Å²) in [7, 11) is -2.53. The number of methoxy groups -OCH3 is 1. The summed E-state index contributed by atoms with van der Waals surface area (Å²) in [6.45, 7) is 0. The van der Waals surface area contributed by atoms with Crippen molar-refractivity contribution < 1.29 is 17.9 Å². The molecule has 1 heterocycles. The highest BCUT2D eigenvalue weighted by Crippen LogP contribution is 2.10. The van der Waals surface area contributed by atoms with Gasteiger partial charge in [-0.2, -0.15) is 5.26 Å². The molecular weight excluding hydrogens is 244 g/mol. The number of aromatic nitrogens is 1. The molecule has 1 rings (SSSR count). The van der Waals surface area contributed by atoms with Crippen molar-refractivity contribution in [2.45, 2.75) is 5.75 Å². The molecule has 90 valence electrons. The fraction of sp³-hybridized carbons (Fsp3) is 0.300. The average Bonchev–Trinajstić information content (AvgIpc) is 2.28. The van der Waals surface area contributed by atoms with Crippen molar-refractivity contribution in [1.82, 2.24) is 4.98 Å². The third kappa shape index (κ3) is 3.85. The molecule has 0 unspecified atom stereocenters. The second-order valence-electron chi connectivity index (χ2n) is 3.23. The number of rotatable bonds is 4. The molecule has 6 nitrogen and oxygen atoms in total. The number of nitriles is 1. The van der Waals surface area contributed by atoms with Crippen LogP contribution in [0.25, 0.3) is 0 Å². The molecule has 0 fully saturated rings. The molecule has 0 bridgehead atoms. The minimum atomic E-state index is -3.64. The van der Waals surface area contributed by atoms with Crippen molar-refractivity contribution in [3.63, 3.8) is 0 Å². The summed E-state index contributed by atoms with van der Waals surface area (Å²) >= 11 is 0. The van der Waals surface area contributed by atoms with Gasteiger partial charge in [0.1, 0.15) is 17.5 Å². The summed E-state index contributed by atoms with van der Waals surface area (Å²) in [6, 6.07) is 4.81. The minimum absolute atomic E-state index is 0.0425. The molecule has 0 radical (unpaired) electrons. The Bertz CT molecular complexity index is 560. The van der Waals surface area contributed by atoms with Gasteiger partial charge in [-0.1, -0.05) is 6.07 Å². The first-order valence-electron chi connectivity index (χ1n) is 4.60. The molecule has 1 aromatic rings. The number of hydrogen-bond donors (Lipinski definition) is 0. The lowest BCUT2D eigenvalue weighted by atomic mass is 10.2. The molecule has 0 aliphatic carbocycles. The number of sulfone groups is 1. The molecule has 0 saturated carbocycles. The van der Waals surface area contributed by atoms with Crippen LogP contribution in [0, 0.1) is 11.3 Å². The summed E-state index contributed by atoms with van der Waals surface area (Å²) in [5.41, 5.74) is 0.319. The zero-order valence-corrected chi connectivity index (χ0v) is 9.90. The second kappa shape index (κ2) is 5.41. The van der Waals surface area contributed by atoms with Gasteiger partial charge in [-0.25, -0.2) is 13.4 Å². The molecule has 0 amide bonds. The first-order chi connectivity index (χ1) is 7.98. The van der Waals surface area contributed by atoms with Crippen molar-refractivity contribution in [3.05, 3.63) is 29.6 Å². The normalized spacial score (nSPS) is 10.6. The number of carbonyl (C=O) groups is 1. The Hall–Kier alpha value is -1.94. The largest absolute Gasteiger partial charge is 0.468 e. The molecule has 0 aromatic carbocycles. The molecule has 0 aliphatic rings. The first-order valence-corrected chi connectivity index (χ1v) is 6.42. The van der Waals surface area contributed by atoms with E-state index in [1.165, 1.54) is 18.3 Å². The van der Waals surface area contributed by atoms with Crippen LogP contribution in [0.5, 0.6) is 0 Å². The van der Waals surface area contributed by atoms with Gasteiger partial charge in [-0.15, -0.1) is 0 Å². The molecule has 0 aliphatic heterocycles. The Morgan fingerprint density at radius 1 is 1.59 bits per heavy atom. The highest BCUT2D eigenvalue weighted by molar-refractivity contribution is 7.91. The van der Waals surface area contributed by atoms with Gasteiger partial charge in [-0.05, 0) is 6.07 Å². The van der Waals surface area contributed by atoms with E-state index < -0.39 is 27.3 Å². The Morgan fingerprint density at radius 2 is 2.29 bits per heavy atom. The Labute approximate surface area is 98.8 Å². The van der Waals surface area contributed by atoms with Gasteiger partial charge in [0.2, 0.25) is 0 Å². The van der Waals surface area contributed by atoms with Crippen molar-refractivity contribution in [1.29, 1.82) is 5.26 Å². The summed E-state index contributed by atoms with van der Waals surface area (Å²) in [6.07, 6.45) is 1.40. The van der Waals surface area contributed by atoms with Crippen molar-refractivity contribution >= 4 is 15.8 Å². The third-order valence-electron chi connectivity index (χ3n) is 1.94. The summed E-state index contributed by atoms with van der Waals surface area (Å²) < 4.78 is 27.5. The van der Waals surface area contributed by atoms with Crippen molar-refractivity contribution in [3.8, 4) is 6.07 Å². The summed E-state index contributed by atoms with van der Waals surface area (Å²) in [4.78, 5) is 14.6. The fourth-order valence-corrected chi connectivity index (χ4v) is 2.47. The summed E-state index contributed by atoms with van der Waals surface area (Å²) in [5.74, 6) is -1.94. The van der Waals surface area contributed by atoms with Gasteiger partial charge < -0.3 is 4.74 Å². The number of carbonyl (C=O) groups excluding carboxylic acids is 1. The predicted molar refractivity (Wildman–Crippen MR) is 58.5 cm³/mol. The van der Waals surface area contributed by atoms with Gasteiger partial charge in [0.25, 0.3) is 0 Å². The van der Waals surface area contributed by atoms with Crippen LogP contribution in [-0.2, 0) is 25.1 Å². The van der Waals surface area contributed by atoms with Crippen LogP contribution in [0.3, 0.4) is 0 Å². The van der Waals surface area contributed by atoms with Crippen LogP contribution in [0.4, 0.5) is 0 Å². The van der Waals surface area contributed by atoms with Gasteiger partial charge in [0.15, 0.2) is 9.84 Å². The molecule has 0 N–H and O–H groups in total. The average molecular weight is 254 g/mol. The van der Waals surface area contributed by atoms with Crippen LogP contribution >= 0.6 is 0 Å². The second-order valence-corrected chi connectivity index (χ2v) is 5.30. The summed E-state index contributed by atoms with van der Waals surface area (Å²) in [5, 5.41) is 8.74. The van der Waals surface area contributed by atoms with E-state index in [1.807, 2.05) is 0 Å². The quantitative estimate of drug-likeness (QED) is 0.704. The number of pyridine rings is 1. The molecule has 0 atom stereocenters. The number of ether oxygens (including phenoxy) is 1. The van der Waals surface area contributed by atoms with Crippen LogP contribution in [0.1, 0.15) is 11.3 Å². The van der Waals surface area contributed by atoms with E-state index in [0.29, 0.717) is 0 Å². The van der Waals surface area contributed by atoms with Crippen LogP contribution in [0.2, 0.25) is 0 Å². The Kier molecular flexibility index (Phi) is 4.17. The maximum atomic E-state index is 11.6. The highest BCUT2D eigenvalue weighted by Gasteiger charge is 2.19. The lowest BCUT2D eigenvalue weighted by molar-refractivity contribution is -0.137. The molecule has 1 aromatic heterocycles. The number of esters is 1. The lowest BCUT2D eigenvalue weighted by Crippen LogP contribution is -2.19. The van der Waals surface area contributed by atoms with E-state index in [-0.39, 0.29) is 11.3 Å². The van der Waals surface area contributed by atoms with Crippen molar-refractivity contribution in [2.24, 2.45) is 0 Å². The van der Waals surface area contributed by atoms with E-state index in [0.717, 1.165) is 7.11 Å². The van der Waals surface area contributed by atoms with Gasteiger partial charge in [0, 0.05) is 11.8 Å². The van der Waals surface area contributed by atoms with E-state index in [4.69, 9.17) is 5.26 Å². The van der Waals surface area contributed by atoms with Crippen LogP contribution < -0.4 is 0 Å². The lowest BCUT2D eigenvalue weighted by Gasteiger charge is -2.04. The zero-order valence-electron chi connectivity index (χ0n) is 9.08. The first kappa shape index (κ1) is 13.1. The molecule has 0 saturated heterocycles. The fourth-order valence-electron chi connectivity index (χ4n) is 1.18. The SMILES string of the molecule is COC(=O)CS(=O)(=O)Cc1cccnc1C#N. The smallest absolute Gasteiger partial charge is 0.320 e. The van der Waals surface area contributed by atoms with Gasteiger partial charge in [-0.3, -0.25) is 4.79 Å². The van der Waals surface area contributed by atoms with Gasteiger partial charge >= 0.3 is 5.97 Å². The van der Waals surface area contributed by atoms with E-state index in [9.17, 15) is 13.2 Å². The molecule has 0 spiro atoms. The van der Waals surface area contributed by atoms with E-state index in [1.54, 1.807) is 6.07 Å². The standard InChI is InChI=1S/C10H10N2O4S/c1-16-10(13)7-17(14,15)6-8-3-2-4-12-9(8)5-11/h2-4H,6-7H2,1H3. The van der Waals surface area contributed by atoms with E-state index >= 15 is 0 Å². The van der Waals surface area contributed by atoms with Gasteiger partial charge in [0.05, 0.1) is 12.9 Å². The molecular formula is C10H10N2O4S. The van der Waals surface area contributed by atoms with E-state index in [2.05, 4.69) is 9.72 Å². The highest BCUT2D eigenvalue weighted by atomic mass is 32.2. The minimum Gasteiger partial charge on any atom is -0.468 e. The monoisotopic (exact) mass is 254 g/mol. The van der Waals surface area contributed by atoms with Crippen LogP contribution in [0.15, 0.2) is 18.3 Å². The number of nitrogens with zero attached hydrogens (tertiary/aromatic N) is 2. The Morgan fingerprint density at radius 3 is 2.88 bits per heavy atom. The maximum Gasteiger partial charge on any atom is 0.320 e. The van der Waals surface area contributed by atoms with Crippen LogP contribution in [-0.4, -0.2) is 32.2 Å². The maximum absolute atomic E-state index is 11.6. The zero-order chi connectivity index (χ0) is 12.9. The number of hydrogen-bond acceptors (Lipinski definition) is 6. The Balaban J connectivity index is 2.91. The molecule has 17 heavy (non-hydrogen) atoms.